The first kappa shape index (κ1) is 15.3. The molecule has 0 aromatic heterocycles. The first-order chi connectivity index (χ1) is 10.4. The van der Waals surface area contributed by atoms with Crippen molar-refractivity contribution in [2.45, 2.75) is 20.0 Å². The molecule has 0 amide bonds. The Labute approximate surface area is 127 Å². The molecule has 21 heavy (non-hydrogen) atoms. The summed E-state index contributed by atoms with van der Waals surface area (Å²) in [4.78, 5) is 0. The van der Waals surface area contributed by atoms with Gasteiger partial charge in [0.2, 0.25) is 0 Å². The van der Waals surface area contributed by atoms with Gasteiger partial charge in [0.15, 0.2) is 0 Å². The molecular weight excluding hydrogens is 258 g/mol. The van der Waals surface area contributed by atoms with Gasteiger partial charge in [-0.1, -0.05) is 61.5 Å². The van der Waals surface area contributed by atoms with Gasteiger partial charge >= 0.3 is 0 Å². The van der Waals surface area contributed by atoms with Crippen molar-refractivity contribution in [3.8, 4) is 5.75 Å². The van der Waals surface area contributed by atoms with Crippen LogP contribution >= 0.6 is 0 Å². The summed E-state index contributed by atoms with van der Waals surface area (Å²) in [5.74, 6) is 0.903. The van der Waals surface area contributed by atoms with Crippen LogP contribution in [0, 0.1) is 0 Å². The smallest absolute Gasteiger partial charge is 0.119 e. The molecule has 2 aromatic carbocycles. The molecule has 1 N–H and O–H groups in total. The Balaban J connectivity index is 1.79. The number of hydrogen-bond acceptors (Lipinski definition) is 2. The molecule has 110 valence electrons. The summed E-state index contributed by atoms with van der Waals surface area (Å²) in [6.07, 6.45) is 5.44. The molecular formula is C19H23NO. The highest BCUT2D eigenvalue weighted by Gasteiger charge is 1.95. The quantitative estimate of drug-likeness (QED) is 0.729. The molecule has 0 spiro atoms. The highest BCUT2D eigenvalue weighted by molar-refractivity contribution is 5.50. The molecule has 0 bridgehead atoms. The van der Waals surface area contributed by atoms with Gasteiger partial charge in [0.25, 0.3) is 0 Å². The maximum Gasteiger partial charge on any atom is 0.119 e. The van der Waals surface area contributed by atoms with E-state index in [2.05, 4.69) is 48.7 Å². The normalized spacial score (nSPS) is 10.9. The molecule has 0 aliphatic rings. The molecule has 0 saturated carbocycles. The molecule has 2 nitrogen and oxygen atoms in total. The third-order valence-corrected chi connectivity index (χ3v) is 3.13. The number of benzene rings is 2. The van der Waals surface area contributed by atoms with Gasteiger partial charge in [-0.3, -0.25) is 0 Å². The summed E-state index contributed by atoms with van der Waals surface area (Å²) < 4.78 is 5.77. The van der Waals surface area contributed by atoms with E-state index in [1.165, 1.54) is 17.5 Å². The molecule has 2 rings (SSSR count). The zero-order valence-electron chi connectivity index (χ0n) is 12.6. The van der Waals surface area contributed by atoms with Crippen molar-refractivity contribution in [2.75, 3.05) is 13.1 Å². The van der Waals surface area contributed by atoms with Crippen molar-refractivity contribution in [2.24, 2.45) is 0 Å². The van der Waals surface area contributed by atoms with Crippen molar-refractivity contribution in [3.63, 3.8) is 0 Å². The van der Waals surface area contributed by atoms with E-state index in [4.69, 9.17) is 4.74 Å². The van der Waals surface area contributed by atoms with Gasteiger partial charge in [-0.15, -0.1) is 0 Å². The highest BCUT2D eigenvalue weighted by atomic mass is 16.5. The predicted molar refractivity (Wildman–Crippen MR) is 89.4 cm³/mol. The van der Waals surface area contributed by atoms with Gasteiger partial charge in [0, 0.05) is 6.54 Å². The van der Waals surface area contributed by atoms with Crippen LogP contribution in [-0.2, 0) is 6.61 Å². The Morgan fingerprint density at radius 1 is 1.00 bits per heavy atom. The Kier molecular flexibility index (Phi) is 6.56. The second-order valence-electron chi connectivity index (χ2n) is 4.95. The number of ether oxygens (including phenoxy) is 1. The Bertz CT molecular complexity index is 531. The lowest BCUT2D eigenvalue weighted by molar-refractivity contribution is 0.306. The molecule has 2 aromatic rings. The minimum Gasteiger partial charge on any atom is -0.489 e. The van der Waals surface area contributed by atoms with Crippen LogP contribution in [0.3, 0.4) is 0 Å². The van der Waals surface area contributed by atoms with Crippen LogP contribution in [0.5, 0.6) is 5.75 Å². The van der Waals surface area contributed by atoms with Crippen molar-refractivity contribution < 1.29 is 4.74 Å². The second kappa shape index (κ2) is 8.98. The molecule has 0 saturated heterocycles. The molecule has 0 fully saturated rings. The van der Waals surface area contributed by atoms with E-state index in [0.29, 0.717) is 6.61 Å². The van der Waals surface area contributed by atoms with Gasteiger partial charge in [-0.25, -0.2) is 0 Å². The monoisotopic (exact) mass is 281 g/mol. The van der Waals surface area contributed by atoms with E-state index in [1.807, 2.05) is 30.3 Å². The zero-order valence-corrected chi connectivity index (χ0v) is 12.6. The average Bonchev–Trinajstić information content (AvgIpc) is 2.55. The van der Waals surface area contributed by atoms with E-state index in [0.717, 1.165) is 18.8 Å². The predicted octanol–water partition coefficient (Wildman–Crippen LogP) is 4.28. The van der Waals surface area contributed by atoms with Crippen molar-refractivity contribution >= 4 is 6.08 Å². The van der Waals surface area contributed by atoms with Gasteiger partial charge in [0.05, 0.1) is 0 Å². The van der Waals surface area contributed by atoms with Crippen LogP contribution in [0.1, 0.15) is 24.5 Å². The van der Waals surface area contributed by atoms with Crippen LogP contribution in [0.15, 0.2) is 60.7 Å². The molecule has 0 unspecified atom stereocenters. The van der Waals surface area contributed by atoms with Gasteiger partial charge in [-0.05, 0) is 36.2 Å². The van der Waals surface area contributed by atoms with Crippen molar-refractivity contribution in [1.82, 2.24) is 5.32 Å². The number of rotatable bonds is 8. The lowest BCUT2D eigenvalue weighted by Gasteiger charge is -2.06. The minimum absolute atomic E-state index is 0.608. The lowest BCUT2D eigenvalue weighted by Crippen LogP contribution is -2.13. The first-order valence-corrected chi connectivity index (χ1v) is 7.52. The maximum atomic E-state index is 5.77. The average molecular weight is 281 g/mol. The van der Waals surface area contributed by atoms with E-state index >= 15 is 0 Å². The molecule has 2 heteroatoms. The van der Waals surface area contributed by atoms with Crippen LogP contribution in [0.4, 0.5) is 0 Å². The Morgan fingerprint density at radius 3 is 2.48 bits per heavy atom. The third-order valence-electron chi connectivity index (χ3n) is 3.13. The highest BCUT2D eigenvalue weighted by Crippen LogP contribution is 2.15. The summed E-state index contributed by atoms with van der Waals surface area (Å²) in [5, 5.41) is 3.34. The third kappa shape index (κ3) is 5.84. The van der Waals surface area contributed by atoms with Crippen molar-refractivity contribution in [1.29, 1.82) is 0 Å². The zero-order chi connectivity index (χ0) is 14.8. The number of hydrogen-bond donors (Lipinski definition) is 1. The maximum absolute atomic E-state index is 5.77. The number of nitrogens with one attached hydrogen (secondary N) is 1. The van der Waals surface area contributed by atoms with Gasteiger partial charge in [-0.2, -0.15) is 0 Å². The van der Waals surface area contributed by atoms with Gasteiger partial charge < -0.3 is 10.1 Å². The minimum atomic E-state index is 0.608. The molecule has 0 aliphatic heterocycles. The van der Waals surface area contributed by atoms with Crippen LogP contribution in [-0.4, -0.2) is 13.1 Å². The topological polar surface area (TPSA) is 21.3 Å². The molecule has 0 aliphatic carbocycles. The van der Waals surface area contributed by atoms with Crippen molar-refractivity contribution in [3.05, 3.63) is 71.8 Å². The summed E-state index contributed by atoms with van der Waals surface area (Å²) >= 11 is 0. The standard InChI is InChI=1S/C19H23NO/c1-2-14-20-15-6-9-17-10-12-19(13-11-17)21-16-18-7-4-3-5-8-18/h3-13,20H,2,14-16H2,1H3. The fourth-order valence-electron chi connectivity index (χ4n) is 1.97. The fraction of sp³-hybridized carbons (Fsp3) is 0.263. The summed E-state index contributed by atoms with van der Waals surface area (Å²) in [7, 11) is 0. The molecule has 0 radical (unpaired) electrons. The summed E-state index contributed by atoms with van der Waals surface area (Å²) in [6.45, 7) is 4.76. The lowest BCUT2D eigenvalue weighted by atomic mass is 10.2. The van der Waals surface area contributed by atoms with Gasteiger partial charge in [0.1, 0.15) is 12.4 Å². The van der Waals surface area contributed by atoms with Crippen LogP contribution in [0.25, 0.3) is 6.08 Å². The molecule has 0 heterocycles. The Morgan fingerprint density at radius 2 is 1.76 bits per heavy atom. The van der Waals surface area contributed by atoms with Crippen LogP contribution < -0.4 is 10.1 Å². The first-order valence-electron chi connectivity index (χ1n) is 7.52. The van der Waals surface area contributed by atoms with E-state index < -0.39 is 0 Å². The summed E-state index contributed by atoms with van der Waals surface area (Å²) in [5.41, 5.74) is 2.38. The van der Waals surface area contributed by atoms with E-state index in [1.54, 1.807) is 0 Å². The van der Waals surface area contributed by atoms with E-state index in [-0.39, 0.29) is 0 Å². The largest absolute Gasteiger partial charge is 0.489 e. The molecule has 0 atom stereocenters. The summed E-state index contributed by atoms with van der Waals surface area (Å²) in [6, 6.07) is 18.4. The SMILES string of the molecule is CCCNCC=Cc1ccc(OCc2ccccc2)cc1. The second-order valence-corrected chi connectivity index (χ2v) is 4.95. The Hall–Kier alpha value is -2.06. The fourth-order valence-corrected chi connectivity index (χ4v) is 1.97. The van der Waals surface area contributed by atoms with E-state index in [9.17, 15) is 0 Å². The van der Waals surface area contributed by atoms with Crippen LogP contribution in [0.2, 0.25) is 0 Å².